The zero-order chi connectivity index (χ0) is 13.9. The maximum Gasteiger partial charge on any atom is 0.218 e. The van der Waals surface area contributed by atoms with Crippen molar-refractivity contribution >= 4 is 11.8 Å². The number of furan rings is 1. The molecule has 0 fully saturated rings. The van der Waals surface area contributed by atoms with Crippen LogP contribution in [0.3, 0.4) is 0 Å². The molecule has 0 amide bonds. The van der Waals surface area contributed by atoms with Crippen molar-refractivity contribution in [2.45, 2.75) is 10.2 Å². The zero-order valence-corrected chi connectivity index (χ0v) is 10.8. The molecule has 0 saturated carbocycles. The van der Waals surface area contributed by atoms with E-state index < -0.39 is 0 Å². The molecule has 20 heavy (non-hydrogen) atoms. The number of nitriles is 1. The van der Waals surface area contributed by atoms with Crippen LogP contribution in [0.15, 0.2) is 45.4 Å². The quantitative estimate of drug-likeness (QED) is 0.709. The van der Waals surface area contributed by atoms with E-state index in [0.717, 1.165) is 11.8 Å². The molecule has 0 saturated heterocycles. The van der Waals surface area contributed by atoms with Gasteiger partial charge in [-0.3, -0.25) is 0 Å². The average molecular weight is 285 g/mol. The monoisotopic (exact) mass is 285 g/mol. The van der Waals surface area contributed by atoms with E-state index in [1.807, 2.05) is 6.07 Å². The minimum Gasteiger partial charge on any atom is -0.461 e. The van der Waals surface area contributed by atoms with Crippen molar-refractivity contribution in [3.05, 3.63) is 36.5 Å². The molecule has 0 aliphatic heterocycles. The number of hydrogen-bond donors (Lipinski definition) is 1. The van der Waals surface area contributed by atoms with Crippen molar-refractivity contribution in [2.75, 3.05) is 5.84 Å². The van der Waals surface area contributed by atoms with E-state index in [-0.39, 0.29) is 5.69 Å². The molecule has 2 N–H and O–H groups in total. The molecule has 0 bridgehead atoms. The summed E-state index contributed by atoms with van der Waals surface area (Å²) in [6.07, 6.45) is 4.46. The predicted octanol–water partition coefficient (Wildman–Crippen LogP) is 1.06. The topological polar surface area (TPSA) is 119 Å². The molecular weight excluding hydrogens is 278 g/mol. The lowest BCUT2D eigenvalue weighted by atomic mass is 10.4. The lowest BCUT2D eigenvalue weighted by Gasteiger charge is -2.02. The van der Waals surface area contributed by atoms with Gasteiger partial charge in [0.25, 0.3) is 0 Å². The Balaban J connectivity index is 1.95. The lowest BCUT2D eigenvalue weighted by Crippen LogP contribution is -2.11. The van der Waals surface area contributed by atoms with Crippen LogP contribution in [0.1, 0.15) is 5.69 Å². The van der Waals surface area contributed by atoms with E-state index in [9.17, 15) is 0 Å². The molecule has 0 aliphatic rings. The van der Waals surface area contributed by atoms with E-state index in [1.54, 1.807) is 12.1 Å². The average Bonchev–Trinajstić information content (AvgIpc) is 3.10. The molecule has 98 valence electrons. The minimum atomic E-state index is 0.208. The van der Waals surface area contributed by atoms with Gasteiger partial charge in [-0.25, -0.2) is 14.6 Å². The van der Waals surface area contributed by atoms with Gasteiger partial charge in [0.15, 0.2) is 11.5 Å². The smallest absolute Gasteiger partial charge is 0.218 e. The van der Waals surface area contributed by atoms with Crippen molar-refractivity contribution in [2.24, 2.45) is 0 Å². The largest absolute Gasteiger partial charge is 0.461 e. The SMILES string of the molecule is N#Cc1nccnc1Sc1nnc(-c2ccco2)n1N. The van der Waals surface area contributed by atoms with Crippen LogP contribution in [0.25, 0.3) is 11.6 Å². The minimum absolute atomic E-state index is 0.208. The van der Waals surface area contributed by atoms with Gasteiger partial charge in [0.2, 0.25) is 11.0 Å². The Kier molecular flexibility index (Phi) is 3.06. The summed E-state index contributed by atoms with van der Waals surface area (Å²) in [6, 6.07) is 5.41. The van der Waals surface area contributed by atoms with Crippen LogP contribution in [0.4, 0.5) is 0 Å². The lowest BCUT2D eigenvalue weighted by molar-refractivity contribution is 0.574. The summed E-state index contributed by atoms with van der Waals surface area (Å²) in [5, 5.41) is 17.7. The van der Waals surface area contributed by atoms with Gasteiger partial charge >= 0.3 is 0 Å². The number of nitrogens with zero attached hydrogens (tertiary/aromatic N) is 6. The van der Waals surface area contributed by atoms with E-state index in [2.05, 4.69) is 20.2 Å². The second kappa shape index (κ2) is 5.02. The molecule has 0 radical (unpaired) electrons. The number of hydrogen-bond acceptors (Lipinski definition) is 8. The molecule has 3 aromatic rings. The molecule has 0 spiro atoms. The fourth-order valence-corrected chi connectivity index (χ4v) is 2.23. The molecule has 3 rings (SSSR count). The van der Waals surface area contributed by atoms with Crippen molar-refractivity contribution in [1.82, 2.24) is 24.8 Å². The third kappa shape index (κ3) is 2.08. The Labute approximate surface area is 117 Å². The van der Waals surface area contributed by atoms with Crippen molar-refractivity contribution in [3.8, 4) is 17.7 Å². The summed E-state index contributed by atoms with van der Waals surface area (Å²) < 4.78 is 6.49. The molecule has 0 aliphatic carbocycles. The fraction of sp³-hybridized carbons (Fsp3) is 0. The van der Waals surface area contributed by atoms with E-state index in [1.165, 1.54) is 23.3 Å². The summed E-state index contributed by atoms with van der Waals surface area (Å²) in [5.41, 5.74) is 0.208. The zero-order valence-electron chi connectivity index (χ0n) is 9.96. The van der Waals surface area contributed by atoms with Crippen molar-refractivity contribution < 1.29 is 4.42 Å². The summed E-state index contributed by atoms with van der Waals surface area (Å²) in [5.74, 6) is 6.81. The highest BCUT2D eigenvalue weighted by Gasteiger charge is 2.17. The Morgan fingerprint density at radius 2 is 2.15 bits per heavy atom. The molecule has 0 atom stereocenters. The first-order chi connectivity index (χ1) is 9.79. The van der Waals surface area contributed by atoms with Crippen LogP contribution in [0.2, 0.25) is 0 Å². The second-order valence-electron chi connectivity index (χ2n) is 3.58. The van der Waals surface area contributed by atoms with Gasteiger partial charge in [-0.05, 0) is 23.9 Å². The molecule has 8 nitrogen and oxygen atoms in total. The van der Waals surface area contributed by atoms with E-state index in [0.29, 0.717) is 21.8 Å². The Bertz CT molecular complexity index is 774. The molecule has 3 heterocycles. The summed E-state index contributed by atoms with van der Waals surface area (Å²) in [4.78, 5) is 7.99. The van der Waals surface area contributed by atoms with Crippen LogP contribution < -0.4 is 5.84 Å². The fourth-order valence-electron chi connectivity index (χ4n) is 1.48. The molecule has 9 heteroatoms. The normalized spacial score (nSPS) is 10.3. The van der Waals surface area contributed by atoms with Crippen LogP contribution in [-0.4, -0.2) is 24.8 Å². The number of rotatable bonds is 3. The summed E-state index contributed by atoms with van der Waals surface area (Å²) in [7, 11) is 0. The standard InChI is InChI=1S/C11H7N7OS/c12-6-7-10(15-4-3-14-7)20-11-17-16-9(18(11)13)8-2-1-5-19-8/h1-5H,13H2. The second-order valence-corrected chi connectivity index (χ2v) is 4.53. The molecule has 0 aromatic carbocycles. The van der Waals surface area contributed by atoms with Crippen LogP contribution in [-0.2, 0) is 0 Å². The highest BCUT2D eigenvalue weighted by atomic mass is 32.2. The first kappa shape index (κ1) is 12.2. The van der Waals surface area contributed by atoms with E-state index in [4.69, 9.17) is 15.5 Å². The number of nitrogens with two attached hydrogens (primary N) is 1. The predicted molar refractivity (Wildman–Crippen MR) is 68.7 cm³/mol. The van der Waals surface area contributed by atoms with E-state index >= 15 is 0 Å². The Hall–Kier alpha value is -2.86. The summed E-state index contributed by atoms with van der Waals surface area (Å²) in [6.45, 7) is 0. The maximum absolute atomic E-state index is 8.97. The van der Waals surface area contributed by atoms with Crippen molar-refractivity contribution in [1.29, 1.82) is 5.26 Å². The number of nitrogen functional groups attached to an aromatic ring is 1. The first-order valence-electron chi connectivity index (χ1n) is 5.43. The molecule has 3 aromatic heterocycles. The van der Waals surface area contributed by atoms with Gasteiger partial charge in [0.05, 0.1) is 6.26 Å². The highest BCUT2D eigenvalue weighted by Crippen LogP contribution is 2.27. The first-order valence-corrected chi connectivity index (χ1v) is 6.24. The highest BCUT2D eigenvalue weighted by molar-refractivity contribution is 7.99. The van der Waals surface area contributed by atoms with Crippen LogP contribution in [0, 0.1) is 11.3 Å². The van der Waals surface area contributed by atoms with Crippen LogP contribution in [0.5, 0.6) is 0 Å². The number of aromatic nitrogens is 5. The molecular formula is C11H7N7OS. The van der Waals surface area contributed by atoms with Gasteiger partial charge < -0.3 is 10.3 Å². The maximum atomic E-state index is 8.97. The van der Waals surface area contributed by atoms with Gasteiger partial charge in [-0.2, -0.15) is 5.26 Å². The van der Waals surface area contributed by atoms with Gasteiger partial charge in [0, 0.05) is 12.4 Å². The van der Waals surface area contributed by atoms with Gasteiger partial charge in [0.1, 0.15) is 11.1 Å². The van der Waals surface area contributed by atoms with Gasteiger partial charge in [-0.1, -0.05) is 0 Å². The summed E-state index contributed by atoms with van der Waals surface area (Å²) >= 11 is 1.11. The third-order valence-electron chi connectivity index (χ3n) is 2.36. The van der Waals surface area contributed by atoms with Crippen LogP contribution >= 0.6 is 11.8 Å². The van der Waals surface area contributed by atoms with Crippen molar-refractivity contribution in [3.63, 3.8) is 0 Å². The van der Waals surface area contributed by atoms with Gasteiger partial charge in [-0.15, -0.1) is 10.2 Å². The molecule has 0 unspecified atom stereocenters. The Morgan fingerprint density at radius 3 is 2.90 bits per heavy atom. The Morgan fingerprint density at radius 1 is 1.30 bits per heavy atom. The third-order valence-corrected chi connectivity index (χ3v) is 3.32.